The van der Waals surface area contributed by atoms with E-state index >= 15 is 0 Å². The van der Waals surface area contributed by atoms with Gasteiger partial charge in [0.05, 0.1) is 6.10 Å². The lowest BCUT2D eigenvalue weighted by molar-refractivity contribution is 0.0218. The Morgan fingerprint density at radius 2 is 1.72 bits per heavy atom. The van der Waals surface area contributed by atoms with Gasteiger partial charge in [0.25, 0.3) is 0 Å². The maximum absolute atomic E-state index is 9.95. The maximum atomic E-state index is 9.95. The molecule has 2 nitrogen and oxygen atoms in total. The highest BCUT2D eigenvalue weighted by Gasteiger charge is 2.22. The summed E-state index contributed by atoms with van der Waals surface area (Å²) in [6, 6.07) is 8.09. The highest BCUT2D eigenvalue weighted by atomic mass is 16.5. The highest BCUT2D eigenvalue weighted by molar-refractivity contribution is 5.32. The Morgan fingerprint density at radius 1 is 1.11 bits per heavy atom. The van der Waals surface area contributed by atoms with E-state index in [4.69, 9.17) is 4.74 Å². The minimum Gasteiger partial charge on any atom is -0.491 e. The third-order valence-corrected chi connectivity index (χ3v) is 3.11. The first kappa shape index (κ1) is 15.0. The summed E-state index contributed by atoms with van der Waals surface area (Å²) in [7, 11) is 0. The van der Waals surface area contributed by atoms with Crippen LogP contribution in [0.15, 0.2) is 24.3 Å². The zero-order chi connectivity index (χ0) is 14.0. The first-order valence-electron chi connectivity index (χ1n) is 6.52. The van der Waals surface area contributed by atoms with E-state index in [0.717, 1.165) is 5.75 Å². The first-order chi connectivity index (χ1) is 8.10. The van der Waals surface area contributed by atoms with Gasteiger partial charge in [0.1, 0.15) is 12.4 Å². The molecule has 0 fully saturated rings. The zero-order valence-electron chi connectivity index (χ0n) is 12.4. The van der Waals surface area contributed by atoms with Gasteiger partial charge >= 0.3 is 0 Å². The Balaban J connectivity index is 2.69. The van der Waals surface area contributed by atoms with Crippen LogP contribution in [0.3, 0.4) is 0 Å². The van der Waals surface area contributed by atoms with E-state index in [1.807, 2.05) is 32.9 Å². The lowest BCUT2D eigenvalue weighted by Gasteiger charge is -2.26. The normalized spacial score (nSPS) is 14.4. The minimum absolute atomic E-state index is 0.113. The van der Waals surface area contributed by atoms with Crippen LogP contribution in [0.2, 0.25) is 0 Å². The molecule has 0 saturated carbocycles. The average molecular weight is 250 g/mol. The van der Waals surface area contributed by atoms with Crippen molar-refractivity contribution in [3.8, 4) is 5.75 Å². The molecule has 1 rings (SSSR count). The molecule has 1 aromatic carbocycles. The molecule has 0 saturated heterocycles. The van der Waals surface area contributed by atoms with Crippen LogP contribution in [0.1, 0.15) is 47.1 Å². The summed E-state index contributed by atoms with van der Waals surface area (Å²) in [4.78, 5) is 0. The van der Waals surface area contributed by atoms with E-state index < -0.39 is 6.10 Å². The van der Waals surface area contributed by atoms with Gasteiger partial charge in [-0.2, -0.15) is 0 Å². The van der Waals surface area contributed by atoms with E-state index in [1.54, 1.807) is 0 Å². The van der Waals surface area contributed by atoms with Gasteiger partial charge in [0.2, 0.25) is 0 Å². The van der Waals surface area contributed by atoms with E-state index in [9.17, 15) is 5.11 Å². The lowest BCUT2D eigenvalue weighted by Crippen LogP contribution is -2.31. The first-order valence-corrected chi connectivity index (χ1v) is 6.52. The molecular formula is C16H26O2. The fourth-order valence-corrected chi connectivity index (χ4v) is 1.48. The molecule has 0 spiro atoms. The maximum Gasteiger partial charge on any atom is 0.119 e. The predicted octanol–water partition coefficient (Wildman–Crippen LogP) is 3.77. The molecule has 0 aliphatic carbocycles. The SMILES string of the molecule is CC(C)(C)c1cccc(OCC(O)C(C)(C)C)c1. The number of ether oxygens (including phenoxy) is 1. The van der Waals surface area contributed by atoms with Gasteiger partial charge < -0.3 is 9.84 Å². The molecule has 0 aliphatic rings. The van der Waals surface area contributed by atoms with Crippen molar-refractivity contribution in [2.24, 2.45) is 5.41 Å². The molecule has 0 amide bonds. The molecular weight excluding hydrogens is 224 g/mol. The summed E-state index contributed by atoms with van der Waals surface area (Å²) in [5.41, 5.74) is 1.20. The topological polar surface area (TPSA) is 29.5 Å². The predicted molar refractivity (Wildman–Crippen MR) is 76.1 cm³/mol. The summed E-state index contributed by atoms with van der Waals surface area (Å²) in [5, 5.41) is 9.95. The number of aliphatic hydroxyl groups is 1. The van der Waals surface area contributed by atoms with Crippen molar-refractivity contribution in [3.05, 3.63) is 29.8 Å². The Kier molecular flexibility index (Phi) is 4.44. The van der Waals surface area contributed by atoms with E-state index in [-0.39, 0.29) is 10.8 Å². The summed E-state index contributed by atoms with van der Waals surface area (Å²) < 4.78 is 5.68. The molecule has 1 unspecified atom stereocenters. The lowest BCUT2D eigenvalue weighted by atomic mass is 9.87. The van der Waals surface area contributed by atoms with Gasteiger partial charge in [-0.25, -0.2) is 0 Å². The second kappa shape index (κ2) is 5.31. The van der Waals surface area contributed by atoms with Crippen molar-refractivity contribution >= 4 is 0 Å². The Hall–Kier alpha value is -1.02. The van der Waals surface area contributed by atoms with Gasteiger partial charge in [-0.05, 0) is 28.5 Å². The summed E-state index contributed by atoms with van der Waals surface area (Å²) >= 11 is 0. The smallest absolute Gasteiger partial charge is 0.119 e. The number of rotatable bonds is 3. The van der Waals surface area contributed by atoms with E-state index in [1.165, 1.54) is 5.56 Å². The van der Waals surface area contributed by atoms with Crippen LogP contribution in [-0.2, 0) is 5.41 Å². The van der Waals surface area contributed by atoms with Crippen LogP contribution in [0.25, 0.3) is 0 Å². The molecule has 18 heavy (non-hydrogen) atoms. The fraction of sp³-hybridized carbons (Fsp3) is 0.625. The van der Waals surface area contributed by atoms with Crippen molar-refractivity contribution in [2.45, 2.75) is 53.1 Å². The summed E-state index contributed by atoms with van der Waals surface area (Å²) in [6.45, 7) is 12.9. The standard InChI is InChI=1S/C16H26O2/c1-15(2,3)12-8-7-9-13(10-12)18-11-14(17)16(4,5)6/h7-10,14,17H,11H2,1-6H3. The van der Waals surface area contributed by atoms with Crippen molar-refractivity contribution in [1.82, 2.24) is 0 Å². The van der Waals surface area contributed by atoms with Gasteiger partial charge in [-0.15, -0.1) is 0 Å². The van der Waals surface area contributed by atoms with Crippen LogP contribution in [-0.4, -0.2) is 17.8 Å². The molecule has 0 aromatic heterocycles. The molecule has 0 heterocycles. The average Bonchev–Trinajstić information content (AvgIpc) is 2.23. The summed E-state index contributed by atoms with van der Waals surface area (Å²) in [5.74, 6) is 0.825. The molecule has 0 aliphatic heterocycles. The third-order valence-electron chi connectivity index (χ3n) is 3.11. The van der Waals surface area contributed by atoms with Crippen LogP contribution >= 0.6 is 0 Å². The van der Waals surface area contributed by atoms with Gasteiger partial charge in [0.15, 0.2) is 0 Å². The van der Waals surface area contributed by atoms with Crippen LogP contribution in [0, 0.1) is 5.41 Å². The second-order valence-corrected chi connectivity index (χ2v) is 6.97. The summed E-state index contributed by atoms with van der Waals surface area (Å²) in [6.07, 6.45) is -0.462. The van der Waals surface area contributed by atoms with Crippen molar-refractivity contribution in [1.29, 1.82) is 0 Å². The number of aliphatic hydroxyl groups excluding tert-OH is 1. The zero-order valence-corrected chi connectivity index (χ0v) is 12.4. The van der Waals surface area contributed by atoms with Crippen LogP contribution in [0.4, 0.5) is 0 Å². The number of benzene rings is 1. The molecule has 1 atom stereocenters. The Bertz CT molecular complexity index is 383. The third kappa shape index (κ3) is 4.34. The highest BCUT2D eigenvalue weighted by Crippen LogP contribution is 2.26. The fourth-order valence-electron chi connectivity index (χ4n) is 1.48. The molecule has 1 N–H and O–H groups in total. The van der Waals surface area contributed by atoms with Crippen LogP contribution < -0.4 is 4.74 Å². The van der Waals surface area contributed by atoms with Crippen molar-refractivity contribution < 1.29 is 9.84 Å². The molecule has 1 aromatic rings. The molecule has 2 heteroatoms. The van der Waals surface area contributed by atoms with E-state index in [0.29, 0.717) is 6.61 Å². The number of hydrogen-bond donors (Lipinski definition) is 1. The molecule has 0 bridgehead atoms. The Labute approximate surface area is 111 Å². The van der Waals surface area contributed by atoms with Gasteiger partial charge in [-0.3, -0.25) is 0 Å². The van der Waals surface area contributed by atoms with Crippen LogP contribution in [0.5, 0.6) is 5.75 Å². The van der Waals surface area contributed by atoms with Gasteiger partial charge in [-0.1, -0.05) is 53.7 Å². The number of hydrogen-bond acceptors (Lipinski definition) is 2. The van der Waals surface area contributed by atoms with E-state index in [2.05, 4.69) is 32.9 Å². The minimum atomic E-state index is -0.462. The largest absolute Gasteiger partial charge is 0.491 e. The Morgan fingerprint density at radius 3 is 2.22 bits per heavy atom. The van der Waals surface area contributed by atoms with Crippen molar-refractivity contribution in [2.75, 3.05) is 6.61 Å². The quantitative estimate of drug-likeness (QED) is 0.885. The second-order valence-electron chi connectivity index (χ2n) is 6.97. The van der Waals surface area contributed by atoms with Crippen molar-refractivity contribution in [3.63, 3.8) is 0 Å². The monoisotopic (exact) mass is 250 g/mol. The molecule has 102 valence electrons. The molecule has 0 radical (unpaired) electrons. The van der Waals surface area contributed by atoms with Gasteiger partial charge in [0, 0.05) is 0 Å².